The molecule has 2 aliphatic heterocycles. The van der Waals surface area contributed by atoms with Gasteiger partial charge in [-0.25, -0.2) is 4.98 Å². The fourth-order valence-corrected chi connectivity index (χ4v) is 4.38. The van der Waals surface area contributed by atoms with Crippen LogP contribution in [0.25, 0.3) is 0 Å². The van der Waals surface area contributed by atoms with Crippen LogP contribution in [0, 0.1) is 5.92 Å². The molecule has 0 radical (unpaired) electrons. The summed E-state index contributed by atoms with van der Waals surface area (Å²) >= 11 is 0. The number of anilines is 1. The van der Waals surface area contributed by atoms with E-state index in [9.17, 15) is 9.59 Å². The van der Waals surface area contributed by atoms with Gasteiger partial charge in [0.15, 0.2) is 5.82 Å². The first-order valence-electron chi connectivity index (χ1n) is 9.86. The zero-order chi connectivity index (χ0) is 18.6. The number of aromatic nitrogens is 2. The fraction of sp³-hybridized carbons (Fsp3) is 0.600. The Morgan fingerprint density at radius 1 is 1.30 bits per heavy atom. The quantitative estimate of drug-likeness (QED) is 0.822. The monoisotopic (exact) mass is 370 g/mol. The van der Waals surface area contributed by atoms with Gasteiger partial charge in [0.05, 0.1) is 24.3 Å². The molecule has 3 aliphatic rings. The number of carbonyl (C=O) groups excluding carboxylic acids is 2. The molecule has 0 spiro atoms. The maximum absolute atomic E-state index is 13.0. The topological polar surface area (TPSA) is 84.4 Å². The summed E-state index contributed by atoms with van der Waals surface area (Å²) in [5.41, 5.74) is 1.24. The van der Waals surface area contributed by atoms with Crippen LogP contribution < -0.4 is 5.32 Å². The summed E-state index contributed by atoms with van der Waals surface area (Å²) in [7, 11) is 0. The fourth-order valence-electron chi connectivity index (χ4n) is 4.38. The number of rotatable bonds is 4. The lowest BCUT2D eigenvalue weighted by Gasteiger charge is -2.40. The number of amides is 2. The summed E-state index contributed by atoms with van der Waals surface area (Å²) < 4.78 is 5.84. The number of likely N-dealkylation sites (tertiary alicyclic amines) is 1. The summed E-state index contributed by atoms with van der Waals surface area (Å²) in [4.78, 5) is 35.7. The third-order valence-corrected chi connectivity index (χ3v) is 5.78. The molecule has 7 heteroatoms. The first kappa shape index (κ1) is 18.1. The zero-order valence-corrected chi connectivity index (χ0v) is 15.5. The molecule has 1 aliphatic carbocycles. The van der Waals surface area contributed by atoms with Gasteiger partial charge in [-0.1, -0.05) is 11.6 Å². The average molecular weight is 370 g/mol. The lowest BCUT2D eigenvalue weighted by Crippen LogP contribution is -2.54. The predicted molar refractivity (Wildman–Crippen MR) is 99.8 cm³/mol. The molecule has 3 heterocycles. The molecule has 1 aromatic rings. The highest BCUT2D eigenvalue weighted by molar-refractivity contribution is 5.92. The van der Waals surface area contributed by atoms with Crippen molar-refractivity contribution in [3.63, 3.8) is 0 Å². The summed E-state index contributed by atoms with van der Waals surface area (Å²) in [5.74, 6) is 0.137. The van der Waals surface area contributed by atoms with Crippen molar-refractivity contribution in [2.75, 3.05) is 18.5 Å². The van der Waals surface area contributed by atoms with Crippen LogP contribution in [0.15, 0.2) is 30.2 Å². The van der Waals surface area contributed by atoms with E-state index in [2.05, 4.69) is 21.4 Å². The molecule has 1 aromatic heterocycles. The maximum atomic E-state index is 13.0. The smallest absolute Gasteiger partial charge is 0.230 e. The van der Waals surface area contributed by atoms with Crippen LogP contribution in [0.5, 0.6) is 0 Å². The number of piperidine rings is 1. The Hall–Kier alpha value is -2.28. The van der Waals surface area contributed by atoms with E-state index in [4.69, 9.17) is 4.74 Å². The van der Waals surface area contributed by atoms with E-state index in [1.165, 1.54) is 18.2 Å². The second-order valence-electron chi connectivity index (χ2n) is 7.61. The van der Waals surface area contributed by atoms with Gasteiger partial charge in [0, 0.05) is 32.0 Å². The molecule has 144 valence electrons. The molecule has 0 aromatic carbocycles. The average Bonchev–Trinajstić information content (AvgIpc) is 3.17. The Morgan fingerprint density at radius 3 is 3.00 bits per heavy atom. The van der Waals surface area contributed by atoms with Gasteiger partial charge in [-0.2, -0.15) is 0 Å². The highest BCUT2D eigenvalue weighted by Crippen LogP contribution is 2.33. The van der Waals surface area contributed by atoms with E-state index >= 15 is 0 Å². The van der Waals surface area contributed by atoms with Crippen molar-refractivity contribution in [1.29, 1.82) is 0 Å². The van der Waals surface area contributed by atoms with Crippen molar-refractivity contribution in [3.05, 3.63) is 30.2 Å². The Balaban J connectivity index is 1.44. The Morgan fingerprint density at radius 2 is 2.22 bits per heavy atom. The van der Waals surface area contributed by atoms with Gasteiger partial charge < -0.3 is 15.0 Å². The third-order valence-electron chi connectivity index (χ3n) is 5.78. The Labute approximate surface area is 159 Å². The molecule has 1 N–H and O–H groups in total. The van der Waals surface area contributed by atoms with Crippen molar-refractivity contribution in [3.8, 4) is 0 Å². The maximum Gasteiger partial charge on any atom is 0.230 e. The van der Waals surface area contributed by atoms with Gasteiger partial charge in [-0.3, -0.25) is 14.6 Å². The number of hydrogen-bond acceptors (Lipinski definition) is 5. The normalized spacial score (nSPS) is 27.6. The molecule has 7 nitrogen and oxygen atoms in total. The first-order valence-corrected chi connectivity index (χ1v) is 9.86. The standard InChI is InChI=1S/C20H26N4O3/c25-19(10-14-4-2-1-3-5-14)24-13-15(11-17-16(24)6-9-27-17)20(26)23-18-12-21-7-8-22-18/h4,7-8,12,15-17H,1-3,5-6,9-11,13H2,(H,22,23,26)/t15-,16+,17+/m0/s1. The van der Waals surface area contributed by atoms with Crippen molar-refractivity contribution in [2.45, 2.75) is 57.1 Å². The minimum atomic E-state index is -0.296. The molecule has 2 saturated heterocycles. The molecule has 4 rings (SSSR count). The number of nitrogens with zero attached hydrogens (tertiary/aromatic N) is 3. The van der Waals surface area contributed by atoms with Gasteiger partial charge in [0.25, 0.3) is 0 Å². The van der Waals surface area contributed by atoms with E-state index in [0.717, 1.165) is 25.7 Å². The third kappa shape index (κ3) is 4.18. The first-order chi connectivity index (χ1) is 13.2. The number of nitrogens with one attached hydrogen (secondary N) is 1. The van der Waals surface area contributed by atoms with E-state index in [1.807, 2.05) is 4.90 Å². The van der Waals surface area contributed by atoms with Crippen LogP contribution >= 0.6 is 0 Å². The van der Waals surface area contributed by atoms with Gasteiger partial charge in [0.2, 0.25) is 11.8 Å². The molecule has 0 unspecified atom stereocenters. The molecule has 2 amide bonds. The van der Waals surface area contributed by atoms with Crippen LogP contribution in [0.3, 0.4) is 0 Å². The van der Waals surface area contributed by atoms with Crippen molar-refractivity contribution in [2.24, 2.45) is 5.92 Å². The summed E-state index contributed by atoms with van der Waals surface area (Å²) in [5, 5.41) is 2.81. The lowest BCUT2D eigenvalue weighted by atomic mass is 9.88. The van der Waals surface area contributed by atoms with Gasteiger partial charge >= 0.3 is 0 Å². The SMILES string of the molecule is O=C(Nc1cnccn1)[C@H]1C[C@H]2OCC[C@H]2N(C(=O)CC2=CCCCC2)C1. The van der Waals surface area contributed by atoms with Crippen LogP contribution in [-0.2, 0) is 14.3 Å². The molecule has 0 bridgehead atoms. The molecule has 3 atom stereocenters. The van der Waals surface area contributed by atoms with Crippen LogP contribution in [0.4, 0.5) is 5.82 Å². The zero-order valence-electron chi connectivity index (χ0n) is 15.5. The number of ether oxygens (including phenoxy) is 1. The molecule has 27 heavy (non-hydrogen) atoms. The van der Waals surface area contributed by atoms with Crippen molar-refractivity contribution >= 4 is 17.6 Å². The minimum absolute atomic E-state index is 0.0550. The van der Waals surface area contributed by atoms with Crippen molar-refractivity contribution in [1.82, 2.24) is 14.9 Å². The number of fused-ring (bicyclic) bond motifs is 1. The number of carbonyl (C=O) groups is 2. The minimum Gasteiger partial charge on any atom is -0.376 e. The van der Waals surface area contributed by atoms with Crippen molar-refractivity contribution < 1.29 is 14.3 Å². The second kappa shape index (κ2) is 8.17. The Bertz CT molecular complexity index is 721. The highest BCUT2D eigenvalue weighted by Gasteiger charge is 2.44. The van der Waals surface area contributed by atoms with Gasteiger partial charge in [0.1, 0.15) is 0 Å². The van der Waals surface area contributed by atoms with Crippen LogP contribution in [0.2, 0.25) is 0 Å². The summed E-state index contributed by atoms with van der Waals surface area (Å²) in [6, 6.07) is 0.0993. The lowest BCUT2D eigenvalue weighted by molar-refractivity contribution is -0.140. The molecule has 2 fully saturated rings. The summed E-state index contributed by atoms with van der Waals surface area (Å²) in [6.07, 6.45) is 13.2. The second-order valence-corrected chi connectivity index (χ2v) is 7.61. The van der Waals surface area contributed by atoms with Crippen LogP contribution in [0.1, 0.15) is 44.9 Å². The molecular weight excluding hydrogens is 344 g/mol. The van der Waals surface area contributed by atoms with E-state index in [-0.39, 0.29) is 29.9 Å². The predicted octanol–water partition coefficient (Wildman–Crippen LogP) is 2.31. The molecular formula is C20H26N4O3. The summed E-state index contributed by atoms with van der Waals surface area (Å²) in [6.45, 7) is 1.10. The van der Waals surface area contributed by atoms with E-state index in [0.29, 0.717) is 31.8 Å². The van der Waals surface area contributed by atoms with Crippen LogP contribution in [-0.4, -0.2) is 52.0 Å². The number of allylic oxidation sites excluding steroid dienone is 1. The van der Waals surface area contributed by atoms with Gasteiger partial charge in [-0.15, -0.1) is 0 Å². The van der Waals surface area contributed by atoms with E-state index in [1.54, 1.807) is 12.4 Å². The Kier molecular flexibility index (Phi) is 5.48. The number of hydrogen-bond donors (Lipinski definition) is 1. The highest BCUT2D eigenvalue weighted by atomic mass is 16.5. The van der Waals surface area contributed by atoms with E-state index < -0.39 is 0 Å². The molecule has 0 saturated carbocycles. The van der Waals surface area contributed by atoms with Gasteiger partial charge in [-0.05, 0) is 38.5 Å². The largest absolute Gasteiger partial charge is 0.376 e.